The van der Waals surface area contributed by atoms with E-state index < -0.39 is 5.83 Å². The van der Waals surface area contributed by atoms with Crippen LogP contribution in [0.5, 0.6) is 0 Å². The van der Waals surface area contributed by atoms with E-state index in [0.29, 0.717) is 4.48 Å². The number of thiol groups is 1. The minimum Gasteiger partial charge on any atom is -0.297 e. The molecule has 0 bridgehead atoms. The maximum Gasteiger partial charge on any atom is 0.140 e. The van der Waals surface area contributed by atoms with Crippen molar-refractivity contribution in [2.45, 2.75) is 0 Å². The Hall–Kier alpha value is 0.0600. The summed E-state index contributed by atoms with van der Waals surface area (Å²) < 4.78 is 16.9. The Bertz CT molecular complexity index is 332. The topological polar surface area (TPSA) is 36.2 Å². The molecule has 1 N–H and O–H groups in total. The second kappa shape index (κ2) is 3.85. The second-order valence-corrected chi connectivity index (χ2v) is 3.83. The molecule has 64 valence electrons. The van der Waals surface area contributed by atoms with Gasteiger partial charge in [0.2, 0.25) is 0 Å². The molecule has 0 spiro atoms. The van der Waals surface area contributed by atoms with E-state index >= 15 is 0 Å². The molecule has 0 aromatic carbocycles. The molecule has 0 heterocycles. The fourth-order valence-electron chi connectivity index (χ4n) is 0.677. The number of nitrogens with zero attached hydrogens (tertiary/aromatic N) is 1. The summed E-state index contributed by atoms with van der Waals surface area (Å²) in [5.41, 5.74) is 0.295. The van der Waals surface area contributed by atoms with Gasteiger partial charge in [-0.2, -0.15) is 0 Å². The van der Waals surface area contributed by atoms with E-state index in [1.807, 2.05) is 0 Å². The highest BCUT2D eigenvalue weighted by molar-refractivity contribution is 9.12. The molecule has 0 saturated heterocycles. The molecule has 0 radical (unpaired) electrons. The average molecular weight is 314 g/mol. The third kappa shape index (κ3) is 1.70. The lowest BCUT2D eigenvalue weighted by atomic mass is 10.1. The SMILES string of the molecule is N=C1C(Br)=CC(F)=C(Br)/C1=N/S. The molecule has 0 fully saturated rings. The first-order valence-corrected chi connectivity index (χ1v) is 4.80. The zero-order valence-electron chi connectivity index (χ0n) is 5.61. The van der Waals surface area contributed by atoms with Crippen LogP contribution in [-0.2, 0) is 0 Å². The van der Waals surface area contributed by atoms with Crippen LogP contribution >= 0.6 is 44.7 Å². The van der Waals surface area contributed by atoms with Crippen LogP contribution in [0.15, 0.2) is 25.3 Å². The van der Waals surface area contributed by atoms with Crippen LogP contribution in [0.2, 0.25) is 0 Å². The largest absolute Gasteiger partial charge is 0.297 e. The number of halogens is 3. The van der Waals surface area contributed by atoms with Crippen molar-refractivity contribution in [3.05, 3.63) is 20.9 Å². The molecule has 0 aromatic rings. The van der Waals surface area contributed by atoms with Crippen molar-refractivity contribution in [2.75, 3.05) is 0 Å². The molecule has 0 aromatic heterocycles. The van der Waals surface area contributed by atoms with Crippen molar-refractivity contribution >= 4 is 56.1 Å². The number of hydrogen-bond acceptors (Lipinski definition) is 3. The fourth-order valence-corrected chi connectivity index (χ4v) is 1.80. The Morgan fingerprint density at radius 1 is 1.50 bits per heavy atom. The van der Waals surface area contributed by atoms with Gasteiger partial charge in [0.1, 0.15) is 11.5 Å². The Kier molecular flexibility index (Phi) is 3.25. The molecule has 0 atom stereocenters. The molecule has 1 aliphatic carbocycles. The molecule has 2 nitrogen and oxygen atoms in total. The third-order valence-electron chi connectivity index (χ3n) is 1.25. The summed E-state index contributed by atoms with van der Waals surface area (Å²) in [4.78, 5) is 0. The summed E-state index contributed by atoms with van der Waals surface area (Å²) in [7, 11) is 0. The molecule has 0 unspecified atom stereocenters. The quantitative estimate of drug-likeness (QED) is 0.509. The van der Waals surface area contributed by atoms with E-state index in [9.17, 15) is 4.39 Å². The van der Waals surface area contributed by atoms with Gasteiger partial charge in [0.05, 0.1) is 10.2 Å². The fraction of sp³-hybridized carbons (Fsp3) is 0. The Labute approximate surface area is 91.0 Å². The van der Waals surface area contributed by atoms with Gasteiger partial charge in [-0.05, 0) is 50.8 Å². The molecule has 1 rings (SSSR count). The lowest BCUT2D eigenvalue weighted by Gasteiger charge is -2.10. The Morgan fingerprint density at radius 2 is 2.08 bits per heavy atom. The van der Waals surface area contributed by atoms with Gasteiger partial charge in [0.25, 0.3) is 0 Å². The Balaban J connectivity index is 3.27. The van der Waals surface area contributed by atoms with Crippen molar-refractivity contribution < 1.29 is 4.39 Å². The van der Waals surface area contributed by atoms with Crippen LogP contribution in [0.3, 0.4) is 0 Å². The van der Waals surface area contributed by atoms with Gasteiger partial charge in [-0.25, -0.2) is 8.79 Å². The van der Waals surface area contributed by atoms with Gasteiger partial charge >= 0.3 is 0 Å². The van der Waals surface area contributed by atoms with Crippen LogP contribution in [-0.4, -0.2) is 11.4 Å². The van der Waals surface area contributed by atoms with Crippen molar-refractivity contribution in [3.8, 4) is 0 Å². The van der Waals surface area contributed by atoms with Crippen LogP contribution in [0.4, 0.5) is 4.39 Å². The van der Waals surface area contributed by atoms with Crippen LogP contribution in [0, 0.1) is 5.41 Å². The zero-order valence-corrected chi connectivity index (χ0v) is 9.67. The van der Waals surface area contributed by atoms with Gasteiger partial charge in [-0.1, -0.05) is 0 Å². The highest BCUT2D eigenvalue weighted by atomic mass is 79.9. The average Bonchev–Trinajstić information content (AvgIpc) is 2.02. The summed E-state index contributed by atoms with van der Waals surface area (Å²) >= 11 is 9.63. The van der Waals surface area contributed by atoms with Gasteiger partial charge in [0, 0.05) is 4.48 Å². The van der Waals surface area contributed by atoms with E-state index in [4.69, 9.17) is 5.41 Å². The molecule has 1 aliphatic rings. The van der Waals surface area contributed by atoms with E-state index in [0.717, 1.165) is 0 Å². The van der Waals surface area contributed by atoms with Crippen molar-refractivity contribution in [2.24, 2.45) is 4.40 Å². The van der Waals surface area contributed by atoms with Gasteiger partial charge < -0.3 is 0 Å². The second-order valence-electron chi connectivity index (χ2n) is 1.98. The molecule has 6 heteroatoms. The van der Waals surface area contributed by atoms with Crippen LogP contribution < -0.4 is 0 Å². The molecular formula is C6H3Br2FN2S. The predicted molar refractivity (Wildman–Crippen MR) is 58.2 cm³/mol. The van der Waals surface area contributed by atoms with Crippen molar-refractivity contribution in [1.29, 1.82) is 5.41 Å². The van der Waals surface area contributed by atoms with Crippen molar-refractivity contribution in [1.82, 2.24) is 0 Å². The van der Waals surface area contributed by atoms with Gasteiger partial charge in [0.15, 0.2) is 0 Å². The first kappa shape index (κ1) is 10.1. The summed E-state index contributed by atoms with van der Waals surface area (Å²) in [5.74, 6) is -0.467. The monoisotopic (exact) mass is 312 g/mol. The molecule has 12 heavy (non-hydrogen) atoms. The highest BCUT2D eigenvalue weighted by Crippen LogP contribution is 2.28. The summed E-state index contributed by atoms with van der Waals surface area (Å²) in [6, 6.07) is 0. The van der Waals surface area contributed by atoms with E-state index in [2.05, 4.69) is 49.1 Å². The molecule has 0 amide bonds. The minimum atomic E-state index is -0.467. The first-order valence-electron chi connectivity index (χ1n) is 2.82. The van der Waals surface area contributed by atoms with Crippen LogP contribution in [0.1, 0.15) is 0 Å². The number of hydrogen-bond donors (Lipinski definition) is 2. The predicted octanol–water partition coefficient (Wildman–Crippen LogP) is 3.16. The summed E-state index contributed by atoms with van der Waals surface area (Å²) in [5, 5.41) is 7.45. The van der Waals surface area contributed by atoms with E-state index in [1.54, 1.807) is 0 Å². The van der Waals surface area contributed by atoms with E-state index in [-0.39, 0.29) is 15.9 Å². The molecular weight excluding hydrogens is 311 g/mol. The third-order valence-corrected chi connectivity index (χ3v) is 2.83. The Morgan fingerprint density at radius 3 is 2.58 bits per heavy atom. The standard InChI is InChI=1S/C6H3Br2FN2S/c7-2-1-3(9)4(8)6(11-12)5(2)10/h1,10,12H/b10-5?,11-6-. The van der Waals surface area contributed by atoms with Gasteiger partial charge in [-0.15, -0.1) is 0 Å². The molecule has 0 saturated carbocycles. The van der Waals surface area contributed by atoms with Crippen molar-refractivity contribution in [3.63, 3.8) is 0 Å². The smallest absolute Gasteiger partial charge is 0.140 e. The first-order chi connectivity index (χ1) is 5.57. The van der Waals surface area contributed by atoms with Gasteiger partial charge in [-0.3, -0.25) is 5.41 Å². The zero-order chi connectivity index (χ0) is 9.30. The maximum atomic E-state index is 13.0. The lowest BCUT2D eigenvalue weighted by Crippen LogP contribution is -2.16. The van der Waals surface area contributed by atoms with E-state index in [1.165, 1.54) is 6.08 Å². The summed E-state index contributed by atoms with van der Waals surface area (Å²) in [6.45, 7) is 0. The number of rotatable bonds is 0. The lowest BCUT2D eigenvalue weighted by molar-refractivity contribution is 0.666. The highest BCUT2D eigenvalue weighted by Gasteiger charge is 2.21. The normalized spacial score (nSPS) is 21.8. The van der Waals surface area contributed by atoms with Crippen LogP contribution in [0.25, 0.3) is 0 Å². The molecule has 0 aliphatic heterocycles. The maximum absolute atomic E-state index is 13.0. The number of allylic oxidation sites excluding steroid dienone is 4. The minimum absolute atomic E-state index is 0.110. The number of nitrogens with one attached hydrogen (secondary N) is 1. The summed E-state index contributed by atoms with van der Waals surface area (Å²) in [6.07, 6.45) is 1.20.